The van der Waals surface area contributed by atoms with Crippen molar-refractivity contribution in [3.8, 4) is 0 Å². The first-order valence-corrected chi connectivity index (χ1v) is 7.87. The van der Waals surface area contributed by atoms with Gasteiger partial charge < -0.3 is 10.2 Å². The van der Waals surface area contributed by atoms with Gasteiger partial charge in [-0.25, -0.2) is 4.98 Å². The SMILES string of the molecule is CCNc1cc(C(=O)N2CCSC(C)C2)c([N+](=O)[O-])cn1. The summed E-state index contributed by atoms with van der Waals surface area (Å²) < 4.78 is 0. The molecule has 1 atom stereocenters. The highest BCUT2D eigenvalue weighted by atomic mass is 32.2. The van der Waals surface area contributed by atoms with E-state index in [-0.39, 0.29) is 17.2 Å². The van der Waals surface area contributed by atoms with E-state index in [1.54, 1.807) is 16.7 Å². The Kier molecular flexibility index (Phi) is 5.00. The maximum absolute atomic E-state index is 12.6. The number of pyridine rings is 1. The minimum Gasteiger partial charge on any atom is -0.370 e. The first-order valence-electron chi connectivity index (χ1n) is 6.82. The van der Waals surface area contributed by atoms with Crippen LogP contribution in [0.15, 0.2) is 12.3 Å². The van der Waals surface area contributed by atoms with Crippen LogP contribution in [0.2, 0.25) is 0 Å². The Labute approximate surface area is 127 Å². The summed E-state index contributed by atoms with van der Waals surface area (Å²) in [6.07, 6.45) is 1.15. The van der Waals surface area contributed by atoms with Crippen molar-refractivity contribution in [1.29, 1.82) is 0 Å². The normalized spacial score (nSPS) is 18.4. The third kappa shape index (κ3) is 3.63. The van der Waals surface area contributed by atoms with Gasteiger partial charge in [0.1, 0.15) is 17.6 Å². The molecule has 1 aromatic rings. The van der Waals surface area contributed by atoms with Crippen LogP contribution in [0, 0.1) is 10.1 Å². The maximum atomic E-state index is 12.6. The van der Waals surface area contributed by atoms with Gasteiger partial charge >= 0.3 is 0 Å². The van der Waals surface area contributed by atoms with E-state index in [0.717, 1.165) is 11.9 Å². The maximum Gasteiger partial charge on any atom is 0.300 e. The molecular weight excluding hydrogens is 292 g/mol. The third-order valence-corrected chi connectivity index (χ3v) is 4.33. The van der Waals surface area contributed by atoms with E-state index in [9.17, 15) is 14.9 Å². The van der Waals surface area contributed by atoms with Crippen LogP contribution in [0.3, 0.4) is 0 Å². The molecule has 1 aromatic heterocycles. The third-order valence-electron chi connectivity index (χ3n) is 3.20. The number of carbonyl (C=O) groups excluding carboxylic acids is 1. The smallest absolute Gasteiger partial charge is 0.300 e. The molecule has 1 N–H and O–H groups in total. The minimum atomic E-state index is -0.557. The number of carbonyl (C=O) groups is 1. The molecule has 21 heavy (non-hydrogen) atoms. The van der Waals surface area contributed by atoms with E-state index in [1.165, 1.54) is 6.07 Å². The fourth-order valence-corrected chi connectivity index (χ4v) is 3.23. The zero-order chi connectivity index (χ0) is 15.4. The number of aromatic nitrogens is 1. The lowest BCUT2D eigenvalue weighted by Crippen LogP contribution is -2.41. The van der Waals surface area contributed by atoms with Crippen molar-refractivity contribution in [2.75, 3.05) is 30.7 Å². The number of thioether (sulfide) groups is 1. The molecule has 1 fully saturated rings. The summed E-state index contributed by atoms with van der Waals surface area (Å²) in [5.74, 6) is 1.03. The van der Waals surface area contributed by atoms with E-state index in [2.05, 4.69) is 17.2 Å². The molecule has 0 aliphatic carbocycles. The van der Waals surface area contributed by atoms with Crippen LogP contribution in [0.5, 0.6) is 0 Å². The number of nitrogens with one attached hydrogen (secondary N) is 1. The van der Waals surface area contributed by atoms with Crippen molar-refractivity contribution in [2.45, 2.75) is 19.1 Å². The summed E-state index contributed by atoms with van der Waals surface area (Å²) in [5, 5.41) is 14.4. The molecule has 0 saturated carbocycles. The Morgan fingerprint density at radius 1 is 1.67 bits per heavy atom. The highest BCUT2D eigenvalue weighted by molar-refractivity contribution is 7.99. The van der Waals surface area contributed by atoms with E-state index in [1.807, 2.05) is 6.92 Å². The average Bonchev–Trinajstić information content (AvgIpc) is 2.46. The second kappa shape index (κ2) is 6.75. The quantitative estimate of drug-likeness (QED) is 0.676. The molecule has 0 spiro atoms. The van der Waals surface area contributed by atoms with Crippen molar-refractivity contribution in [3.63, 3.8) is 0 Å². The van der Waals surface area contributed by atoms with E-state index < -0.39 is 4.92 Å². The number of nitro groups is 1. The molecule has 8 heteroatoms. The van der Waals surface area contributed by atoms with Gasteiger partial charge in [-0.15, -0.1) is 0 Å². The number of anilines is 1. The topological polar surface area (TPSA) is 88.4 Å². The first kappa shape index (κ1) is 15.6. The minimum absolute atomic E-state index is 0.102. The van der Waals surface area contributed by atoms with Gasteiger partial charge in [-0.05, 0) is 6.92 Å². The zero-order valence-electron chi connectivity index (χ0n) is 12.0. The lowest BCUT2D eigenvalue weighted by atomic mass is 10.2. The fourth-order valence-electron chi connectivity index (χ4n) is 2.22. The van der Waals surface area contributed by atoms with Crippen LogP contribution in [0.25, 0.3) is 0 Å². The Morgan fingerprint density at radius 2 is 2.43 bits per heavy atom. The Bertz CT molecular complexity index is 552. The lowest BCUT2D eigenvalue weighted by molar-refractivity contribution is -0.385. The van der Waals surface area contributed by atoms with Crippen molar-refractivity contribution < 1.29 is 9.72 Å². The largest absolute Gasteiger partial charge is 0.370 e. The number of nitrogens with zero attached hydrogens (tertiary/aromatic N) is 3. The Morgan fingerprint density at radius 3 is 3.05 bits per heavy atom. The molecule has 1 saturated heterocycles. The van der Waals surface area contributed by atoms with Gasteiger partial charge in [-0.1, -0.05) is 6.92 Å². The van der Waals surface area contributed by atoms with Gasteiger partial charge in [-0.2, -0.15) is 11.8 Å². The van der Waals surface area contributed by atoms with Gasteiger partial charge in [0, 0.05) is 36.7 Å². The van der Waals surface area contributed by atoms with Gasteiger partial charge in [0.25, 0.3) is 11.6 Å². The molecular formula is C13H18N4O3S. The second-order valence-electron chi connectivity index (χ2n) is 4.81. The van der Waals surface area contributed by atoms with Crippen molar-refractivity contribution in [1.82, 2.24) is 9.88 Å². The second-order valence-corrected chi connectivity index (χ2v) is 6.35. The molecule has 0 bridgehead atoms. The molecule has 1 amide bonds. The average molecular weight is 310 g/mol. The fraction of sp³-hybridized carbons (Fsp3) is 0.538. The van der Waals surface area contributed by atoms with Crippen molar-refractivity contribution in [3.05, 3.63) is 27.9 Å². The Hall–Kier alpha value is -1.83. The molecule has 1 unspecified atom stereocenters. The monoisotopic (exact) mass is 310 g/mol. The van der Waals surface area contributed by atoms with Crippen LogP contribution in [0.4, 0.5) is 11.5 Å². The van der Waals surface area contributed by atoms with Crippen LogP contribution in [-0.4, -0.2) is 51.4 Å². The molecule has 1 aliphatic heterocycles. The number of rotatable bonds is 4. The molecule has 1 aliphatic rings. The Balaban J connectivity index is 2.32. The standard InChI is InChI=1S/C13H18N4O3S/c1-3-14-12-6-10(11(7-15-12)17(19)20)13(18)16-4-5-21-9(2)8-16/h6-7,9H,3-5,8H2,1-2H3,(H,14,15). The number of amides is 1. The van der Waals surface area contributed by atoms with Crippen LogP contribution < -0.4 is 5.32 Å². The molecule has 0 aromatic carbocycles. The molecule has 2 heterocycles. The number of hydrogen-bond donors (Lipinski definition) is 1. The van der Waals surface area contributed by atoms with E-state index in [0.29, 0.717) is 30.7 Å². The van der Waals surface area contributed by atoms with E-state index in [4.69, 9.17) is 0 Å². The summed E-state index contributed by atoms with van der Waals surface area (Å²) in [4.78, 5) is 28.8. The lowest BCUT2D eigenvalue weighted by Gasteiger charge is -2.30. The zero-order valence-corrected chi connectivity index (χ0v) is 12.9. The van der Waals surface area contributed by atoms with Gasteiger partial charge in [0.05, 0.1) is 4.92 Å². The summed E-state index contributed by atoms with van der Waals surface area (Å²) in [7, 11) is 0. The van der Waals surface area contributed by atoms with Crippen LogP contribution in [-0.2, 0) is 0 Å². The van der Waals surface area contributed by atoms with Gasteiger partial charge in [0.2, 0.25) is 0 Å². The van der Waals surface area contributed by atoms with Crippen molar-refractivity contribution in [2.24, 2.45) is 0 Å². The van der Waals surface area contributed by atoms with Crippen LogP contribution in [0.1, 0.15) is 24.2 Å². The van der Waals surface area contributed by atoms with Gasteiger partial charge in [-0.3, -0.25) is 14.9 Å². The summed E-state index contributed by atoms with van der Waals surface area (Å²) in [6, 6.07) is 1.47. The summed E-state index contributed by atoms with van der Waals surface area (Å²) in [5.41, 5.74) is -0.141. The van der Waals surface area contributed by atoms with Crippen molar-refractivity contribution >= 4 is 29.2 Å². The van der Waals surface area contributed by atoms with E-state index >= 15 is 0 Å². The molecule has 7 nitrogen and oxygen atoms in total. The highest BCUT2D eigenvalue weighted by Gasteiger charge is 2.28. The number of hydrogen-bond acceptors (Lipinski definition) is 6. The highest BCUT2D eigenvalue weighted by Crippen LogP contribution is 2.25. The first-order chi connectivity index (χ1) is 10.0. The predicted molar refractivity (Wildman–Crippen MR) is 82.9 cm³/mol. The summed E-state index contributed by atoms with van der Waals surface area (Å²) >= 11 is 1.80. The summed E-state index contributed by atoms with van der Waals surface area (Å²) in [6.45, 7) is 5.81. The molecule has 0 radical (unpaired) electrons. The van der Waals surface area contributed by atoms with Crippen LogP contribution >= 0.6 is 11.8 Å². The van der Waals surface area contributed by atoms with Gasteiger partial charge in [0.15, 0.2) is 0 Å². The molecule has 114 valence electrons. The predicted octanol–water partition coefficient (Wildman–Crippen LogP) is 2.00. The molecule has 2 rings (SSSR count).